The molecule has 9 aromatic rings. The molecule has 0 atom stereocenters. The number of aryl methyl sites for hydroxylation is 5. The third-order valence-corrected chi connectivity index (χ3v) is 12.3. The monoisotopic (exact) mass is 968 g/mol. The second-order valence-corrected chi connectivity index (χ2v) is 17.2. The predicted molar refractivity (Wildman–Crippen MR) is 260 cm³/mol. The van der Waals surface area contributed by atoms with E-state index in [9.17, 15) is 27.6 Å². The molecule has 0 aliphatic carbocycles. The normalized spacial score (nSPS) is 11.1. The van der Waals surface area contributed by atoms with Crippen molar-refractivity contribution in [3.63, 3.8) is 0 Å². The van der Waals surface area contributed by atoms with E-state index in [1.807, 2.05) is 67.9 Å². The first-order valence-electron chi connectivity index (χ1n) is 19.9. The number of nitrogens with zero attached hydrogens (tertiary/aromatic N) is 2. The minimum atomic E-state index is -0.955. The van der Waals surface area contributed by atoms with E-state index >= 15 is 0 Å². The van der Waals surface area contributed by atoms with Crippen LogP contribution in [0.2, 0.25) is 20.1 Å². The number of rotatable bonds is 6. The summed E-state index contributed by atoms with van der Waals surface area (Å²) in [5.41, 5.74) is 26.8. The molecular weight excluding hydrogens is 931 g/mol. The summed E-state index contributed by atoms with van der Waals surface area (Å²) in [6.07, 6.45) is 0. The number of primary amides is 3. The number of fused-ring (bicyclic) bond motifs is 3. The number of aromatic amines is 1. The van der Waals surface area contributed by atoms with Crippen LogP contribution in [0.4, 0.5) is 13.2 Å². The van der Waals surface area contributed by atoms with Crippen molar-refractivity contribution in [1.29, 1.82) is 0 Å². The lowest BCUT2D eigenvalue weighted by molar-refractivity contribution is 0.0984. The topological polar surface area (TPSA) is 155 Å². The van der Waals surface area contributed by atoms with Crippen LogP contribution >= 0.6 is 46.4 Å². The quantitative estimate of drug-likeness (QED) is 0.131. The van der Waals surface area contributed by atoms with Crippen LogP contribution in [-0.2, 0) is 14.1 Å². The summed E-state index contributed by atoms with van der Waals surface area (Å²) < 4.78 is 43.3. The minimum absolute atomic E-state index is 0.265. The Labute approximate surface area is 396 Å². The number of aromatic nitrogens is 3. The molecule has 16 heteroatoms. The van der Waals surface area contributed by atoms with Gasteiger partial charge in [0.25, 0.3) is 17.7 Å². The molecule has 0 unspecified atom stereocenters. The first-order valence-corrected chi connectivity index (χ1v) is 21.4. The van der Waals surface area contributed by atoms with Crippen LogP contribution < -0.4 is 17.2 Å². The Bertz CT molecular complexity index is 3280. The summed E-state index contributed by atoms with van der Waals surface area (Å²) in [6, 6.07) is 27.9. The Morgan fingerprint density at radius 3 is 1.35 bits per heavy atom. The molecule has 0 saturated heterocycles. The number of hydrogen-bond donors (Lipinski definition) is 4. The van der Waals surface area contributed by atoms with Gasteiger partial charge in [0.05, 0.1) is 16.6 Å². The molecule has 0 radical (unpaired) electrons. The van der Waals surface area contributed by atoms with Crippen molar-refractivity contribution in [2.45, 2.75) is 20.8 Å². The number of H-pyrrole nitrogens is 1. The predicted octanol–water partition coefficient (Wildman–Crippen LogP) is 12.8. The summed E-state index contributed by atoms with van der Waals surface area (Å²) in [4.78, 5) is 37.9. The molecule has 0 aliphatic rings. The lowest BCUT2D eigenvalue weighted by Crippen LogP contribution is -2.16. The molecule has 336 valence electrons. The van der Waals surface area contributed by atoms with E-state index in [1.54, 1.807) is 48.9 Å². The largest absolute Gasteiger partial charge is 0.364 e. The third kappa shape index (κ3) is 8.97. The van der Waals surface area contributed by atoms with Gasteiger partial charge in [-0.2, -0.15) is 0 Å². The Morgan fingerprint density at radius 1 is 0.485 bits per heavy atom. The Kier molecular flexibility index (Phi) is 13.4. The number of benzene rings is 6. The number of carbonyl (C=O) groups excluding carboxylic acids is 3. The van der Waals surface area contributed by atoms with E-state index in [-0.39, 0.29) is 11.5 Å². The van der Waals surface area contributed by atoms with E-state index in [2.05, 4.69) is 4.98 Å². The van der Waals surface area contributed by atoms with Crippen LogP contribution in [0, 0.1) is 38.2 Å². The number of nitrogens with one attached hydrogen (secondary N) is 1. The standard InChI is InChI=1S/C17H14Cl2N2O.C17H14ClFN2O.C16H11ClF2N2O/c1-9-13-7-12(19)8-14(10-3-5-11(18)6-4-10)16(13)21(2)15(9)17(20)22;1-9-13-7-11(18)8-14(10-3-5-12(19)6-4-10)16(13)21(2)15(9)17(20)22;1-7-10-5-9(17)6-11(15(10)21-14(7)16(20)22)8-2-3-12(18)13(19)4-8/h2*3-8H,1-2H3,(H2,20,22);2-6,21H,1H3,(H2,20,22). The van der Waals surface area contributed by atoms with Gasteiger partial charge in [0, 0.05) is 67.0 Å². The average Bonchev–Trinajstić information content (AvgIpc) is 3.82. The zero-order valence-corrected chi connectivity index (χ0v) is 38.8. The lowest BCUT2D eigenvalue weighted by Gasteiger charge is -2.09. The van der Waals surface area contributed by atoms with Gasteiger partial charge < -0.3 is 31.3 Å². The molecule has 7 N–H and O–H groups in total. The summed E-state index contributed by atoms with van der Waals surface area (Å²) in [6.45, 7) is 5.46. The van der Waals surface area contributed by atoms with Gasteiger partial charge in [0.2, 0.25) is 0 Å². The number of hydrogen-bond acceptors (Lipinski definition) is 3. The fraction of sp³-hybridized carbons (Fsp3) is 0.100. The summed E-state index contributed by atoms with van der Waals surface area (Å²) in [7, 11) is 3.62. The molecule has 0 spiro atoms. The fourth-order valence-electron chi connectivity index (χ4n) is 8.40. The number of nitrogens with two attached hydrogens (primary N) is 3. The lowest BCUT2D eigenvalue weighted by atomic mass is 10.0. The molecule has 0 fully saturated rings. The van der Waals surface area contributed by atoms with Crippen LogP contribution in [0.1, 0.15) is 48.2 Å². The Morgan fingerprint density at radius 2 is 0.909 bits per heavy atom. The van der Waals surface area contributed by atoms with Crippen LogP contribution in [0.25, 0.3) is 66.1 Å². The number of carbonyl (C=O) groups is 3. The van der Waals surface area contributed by atoms with E-state index in [4.69, 9.17) is 63.6 Å². The van der Waals surface area contributed by atoms with Gasteiger partial charge in [-0.3, -0.25) is 14.4 Å². The maximum Gasteiger partial charge on any atom is 0.265 e. The van der Waals surface area contributed by atoms with E-state index < -0.39 is 29.4 Å². The average molecular weight is 971 g/mol. The minimum Gasteiger partial charge on any atom is -0.364 e. The van der Waals surface area contributed by atoms with Crippen LogP contribution in [-0.4, -0.2) is 31.8 Å². The highest BCUT2D eigenvalue weighted by Crippen LogP contribution is 2.39. The maximum absolute atomic E-state index is 13.5. The number of amides is 3. The number of halogens is 7. The first-order chi connectivity index (χ1) is 31.2. The van der Waals surface area contributed by atoms with Crippen LogP contribution in [0.5, 0.6) is 0 Å². The van der Waals surface area contributed by atoms with Gasteiger partial charge >= 0.3 is 0 Å². The van der Waals surface area contributed by atoms with Gasteiger partial charge in [-0.15, -0.1) is 0 Å². The second kappa shape index (κ2) is 18.7. The molecule has 0 bridgehead atoms. The Balaban J connectivity index is 0.000000147. The molecule has 9 nitrogen and oxygen atoms in total. The van der Waals surface area contributed by atoms with Crippen molar-refractivity contribution in [2.24, 2.45) is 31.3 Å². The first kappa shape index (κ1) is 47.3. The Hall–Kier alpha value is -6.70. The molecule has 9 rings (SSSR count). The van der Waals surface area contributed by atoms with E-state index in [0.29, 0.717) is 59.1 Å². The van der Waals surface area contributed by atoms with Crippen molar-refractivity contribution in [1.82, 2.24) is 14.1 Å². The molecular formula is C50H39Cl4F3N6O3. The summed E-state index contributed by atoms with van der Waals surface area (Å²) >= 11 is 24.6. The van der Waals surface area contributed by atoms with Crippen molar-refractivity contribution in [2.75, 3.05) is 0 Å². The molecule has 3 aromatic heterocycles. The van der Waals surface area contributed by atoms with Crippen molar-refractivity contribution in [3.8, 4) is 33.4 Å². The molecule has 0 aliphatic heterocycles. The molecule has 66 heavy (non-hydrogen) atoms. The highest BCUT2D eigenvalue weighted by molar-refractivity contribution is 6.33. The van der Waals surface area contributed by atoms with Gasteiger partial charge in [0.15, 0.2) is 11.6 Å². The highest BCUT2D eigenvalue weighted by Gasteiger charge is 2.22. The third-order valence-electron chi connectivity index (χ3n) is 11.4. The van der Waals surface area contributed by atoms with Gasteiger partial charge in [-0.1, -0.05) is 76.7 Å². The summed E-state index contributed by atoms with van der Waals surface area (Å²) in [5.74, 6) is -3.72. The fourth-order valence-corrected chi connectivity index (χ4v) is 9.18. The smallest absolute Gasteiger partial charge is 0.265 e. The zero-order valence-electron chi connectivity index (χ0n) is 35.8. The summed E-state index contributed by atoms with van der Waals surface area (Å²) in [5, 5.41) is 4.75. The SMILES string of the molecule is Cc1c(C(N)=O)[nH]c2c(-c3ccc(F)c(F)c3)cc(Cl)cc12.Cc1c(C(N)=O)n(C)c2c(-c3ccc(Cl)cc3)cc(Cl)cc12.Cc1c(C(N)=O)n(C)c2c(-c3ccc(F)cc3)cc(Cl)cc12. The van der Waals surface area contributed by atoms with Crippen molar-refractivity contribution < 1.29 is 27.6 Å². The van der Waals surface area contributed by atoms with Crippen LogP contribution in [0.3, 0.4) is 0 Å². The molecule has 6 aromatic carbocycles. The molecule has 3 amide bonds. The van der Waals surface area contributed by atoms with Crippen LogP contribution in [0.15, 0.2) is 103 Å². The maximum atomic E-state index is 13.5. The highest BCUT2D eigenvalue weighted by atomic mass is 35.5. The van der Waals surface area contributed by atoms with Crippen molar-refractivity contribution in [3.05, 3.63) is 174 Å². The van der Waals surface area contributed by atoms with E-state index in [1.165, 1.54) is 18.2 Å². The van der Waals surface area contributed by atoms with Crippen molar-refractivity contribution >= 4 is 96.8 Å². The molecule has 3 heterocycles. The zero-order chi connectivity index (χ0) is 48.0. The van der Waals surface area contributed by atoms with Gasteiger partial charge in [0.1, 0.15) is 22.9 Å². The van der Waals surface area contributed by atoms with Gasteiger partial charge in [-0.25, -0.2) is 13.2 Å². The molecule has 0 saturated carbocycles. The second-order valence-electron chi connectivity index (χ2n) is 15.5. The van der Waals surface area contributed by atoms with Gasteiger partial charge in [-0.05, 0) is 127 Å². The van der Waals surface area contributed by atoms with E-state index in [0.717, 1.165) is 67.3 Å².